The molecule has 0 aliphatic rings. The molecule has 17 heavy (non-hydrogen) atoms. The molecule has 98 valence electrons. The molecule has 1 heterocycles. The Morgan fingerprint density at radius 3 is 2.76 bits per heavy atom. The van der Waals surface area contributed by atoms with Crippen molar-refractivity contribution in [3.05, 3.63) is 17.8 Å². The largest absolute Gasteiger partial charge is 0.445 e. The average molecular weight is 240 g/mol. The third-order valence-corrected chi connectivity index (χ3v) is 3.09. The minimum Gasteiger partial charge on any atom is -0.445 e. The number of ether oxygens (including phenoxy) is 1. The summed E-state index contributed by atoms with van der Waals surface area (Å²) in [6.07, 6.45) is 2.35. The number of nitrogens with one attached hydrogen (secondary N) is 1. The zero-order valence-electron chi connectivity index (χ0n) is 11.5. The summed E-state index contributed by atoms with van der Waals surface area (Å²) >= 11 is 0. The molecule has 1 N–H and O–H groups in total. The molecule has 0 bridgehead atoms. The predicted molar refractivity (Wildman–Crippen MR) is 67.7 cm³/mol. The van der Waals surface area contributed by atoms with Crippen LogP contribution in [-0.2, 0) is 16.9 Å². The van der Waals surface area contributed by atoms with Gasteiger partial charge in [-0.15, -0.1) is 0 Å². The van der Waals surface area contributed by atoms with Crippen LogP contribution in [0.25, 0.3) is 0 Å². The van der Waals surface area contributed by atoms with Gasteiger partial charge in [-0.2, -0.15) is 0 Å². The molecule has 0 aliphatic carbocycles. The van der Waals surface area contributed by atoms with Crippen LogP contribution in [0.1, 0.15) is 45.6 Å². The van der Waals surface area contributed by atoms with Crippen molar-refractivity contribution in [2.75, 3.05) is 13.7 Å². The summed E-state index contributed by atoms with van der Waals surface area (Å²) in [5.41, 5.74) is 0.558. The van der Waals surface area contributed by atoms with E-state index in [1.807, 2.05) is 6.92 Å². The molecule has 0 radical (unpaired) electrons. The molecule has 0 aromatic carbocycles. The third-order valence-electron chi connectivity index (χ3n) is 3.09. The lowest BCUT2D eigenvalue weighted by atomic mass is 9.98. The van der Waals surface area contributed by atoms with Gasteiger partial charge in [-0.25, -0.2) is 4.98 Å². The van der Waals surface area contributed by atoms with Crippen LogP contribution in [0, 0.1) is 5.92 Å². The minimum absolute atomic E-state index is 0.384. The van der Waals surface area contributed by atoms with E-state index in [1.165, 1.54) is 6.39 Å². The molecule has 0 amide bonds. The van der Waals surface area contributed by atoms with Crippen LogP contribution in [0.15, 0.2) is 10.8 Å². The van der Waals surface area contributed by atoms with E-state index < -0.39 is 0 Å². The summed E-state index contributed by atoms with van der Waals surface area (Å²) in [7, 11) is 1.71. The summed E-state index contributed by atoms with van der Waals surface area (Å²) < 4.78 is 11.0. The quantitative estimate of drug-likeness (QED) is 0.796. The first kappa shape index (κ1) is 14.2. The second-order valence-corrected chi connectivity index (χ2v) is 4.94. The Hall–Kier alpha value is -0.870. The average Bonchev–Trinajstić information content (AvgIpc) is 2.76. The molecular weight excluding hydrogens is 216 g/mol. The van der Waals surface area contributed by atoms with Gasteiger partial charge >= 0.3 is 0 Å². The molecule has 0 saturated carbocycles. The molecule has 0 saturated heterocycles. The van der Waals surface area contributed by atoms with Gasteiger partial charge in [0.2, 0.25) is 0 Å². The summed E-state index contributed by atoms with van der Waals surface area (Å²) in [6, 6.07) is 0. The van der Waals surface area contributed by atoms with Crippen molar-refractivity contribution >= 4 is 0 Å². The second kappa shape index (κ2) is 6.17. The minimum atomic E-state index is -0.384. The van der Waals surface area contributed by atoms with Crippen molar-refractivity contribution in [3.8, 4) is 0 Å². The molecular formula is C13H24N2O2. The van der Waals surface area contributed by atoms with Crippen LogP contribution in [0.3, 0.4) is 0 Å². The van der Waals surface area contributed by atoms with Crippen molar-refractivity contribution in [3.63, 3.8) is 0 Å². The predicted octanol–water partition coefficient (Wildman–Crippen LogP) is 2.69. The Morgan fingerprint density at radius 1 is 1.53 bits per heavy atom. The summed E-state index contributed by atoms with van der Waals surface area (Å²) in [4.78, 5) is 4.27. The molecule has 4 heteroatoms. The van der Waals surface area contributed by atoms with Gasteiger partial charge in [0.25, 0.3) is 0 Å². The van der Waals surface area contributed by atoms with E-state index in [-0.39, 0.29) is 5.60 Å². The molecule has 4 nitrogen and oxygen atoms in total. The maximum Gasteiger partial charge on any atom is 0.181 e. The molecule has 0 fully saturated rings. The van der Waals surface area contributed by atoms with Gasteiger partial charge in [0.05, 0.1) is 5.69 Å². The normalized spacial score (nSPS) is 15.2. The highest BCUT2D eigenvalue weighted by molar-refractivity contribution is 5.15. The SMILES string of the molecule is CCC(C)(OC)c1ocnc1CNCC(C)C. The van der Waals surface area contributed by atoms with E-state index >= 15 is 0 Å². The first-order chi connectivity index (χ1) is 8.03. The van der Waals surface area contributed by atoms with Gasteiger partial charge in [-0.3, -0.25) is 0 Å². The second-order valence-electron chi connectivity index (χ2n) is 4.94. The van der Waals surface area contributed by atoms with Crippen LogP contribution in [0.4, 0.5) is 0 Å². The summed E-state index contributed by atoms with van der Waals surface area (Å²) in [5, 5.41) is 3.37. The number of aromatic nitrogens is 1. The van der Waals surface area contributed by atoms with E-state index in [1.54, 1.807) is 7.11 Å². The Balaban J connectivity index is 2.71. The highest BCUT2D eigenvalue weighted by atomic mass is 16.5. The van der Waals surface area contributed by atoms with Gasteiger partial charge in [-0.1, -0.05) is 20.8 Å². The lowest BCUT2D eigenvalue weighted by molar-refractivity contribution is -0.0199. The van der Waals surface area contributed by atoms with Crippen molar-refractivity contribution in [1.29, 1.82) is 0 Å². The molecule has 1 aromatic heterocycles. The molecule has 0 aliphatic heterocycles. The number of nitrogens with zero attached hydrogens (tertiary/aromatic N) is 1. The van der Waals surface area contributed by atoms with Crippen molar-refractivity contribution < 1.29 is 9.15 Å². The Labute approximate surface area is 104 Å². The van der Waals surface area contributed by atoms with Crippen molar-refractivity contribution in [1.82, 2.24) is 10.3 Å². The van der Waals surface area contributed by atoms with Gasteiger partial charge in [-0.05, 0) is 25.8 Å². The highest BCUT2D eigenvalue weighted by Gasteiger charge is 2.31. The number of hydrogen-bond donors (Lipinski definition) is 1. The molecule has 1 rings (SSSR count). The van der Waals surface area contributed by atoms with E-state index in [2.05, 4.69) is 31.1 Å². The Bertz CT molecular complexity index is 330. The van der Waals surface area contributed by atoms with Crippen LogP contribution < -0.4 is 5.32 Å². The van der Waals surface area contributed by atoms with Gasteiger partial charge < -0.3 is 14.5 Å². The van der Waals surface area contributed by atoms with Gasteiger partial charge in [0.15, 0.2) is 12.2 Å². The molecule has 1 unspecified atom stereocenters. The monoisotopic (exact) mass is 240 g/mol. The lowest BCUT2D eigenvalue weighted by Crippen LogP contribution is -2.26. The number of oxazole rings is 1. The maximum absolute atomic E-state index is 5.54. The fourth-order valence-electron chi connectivity index (χ4n) is 1.70. The van der Waals surface area contributed by atoms with E-state index in [0.29, 0.717) is 5.92 Å². The van der Waals surface area contributed by atoms with Crippen LogP contribution >= 0.6 is 0 Å². The van der Waals surface area contributed by atoms with E-state index in [9.17, 15) is 0 Å². The first-order valence-electron chi connectivity index (χ1n) is 6.22. The first-order valence-corrected chi connectivity index (χ1v) is 6.22. The Morgan fingerprint density at radius 2 is 2.24 bits per heavy atom. The maximum atomic E-state index is 5.54. The van der Waals surface area contributed by atoms with E-state index in [0.717, 1.165) is 31.0 Å². The molecule has 0 spiro atoms. The zero-order chi connectivity index (χ0) is 12.9. The third kappa shape index (κ3) is 3.54. The van der Waals surface area contributed by atoms with Gasteiger partial charge in [0.1, 0.15) is 5.60 Å². The molecule has 1 atom stereocenters. The molecule has 1 aromatic rings. The Kier molecular flexibility index (Phi) is 5.15. The van der Waals surface area contributed by atoms with E-state index in [4.69, 9.17) is 9.15 Å². The fourth-order valence-corrected chi connectivity index (χ4v) is 1.70. The number of hydrogen-bond acceptors (Lipinski definition) is 4. The van der Waals surface area contributed by atoms with Crippen molar-refractivity contribution in [2.45, 2.75) is 46.3 Å². The number of rotatable bonds is 7. The smallest absolute Gasteiger partial charge is 0.181 e. The van der Waals surface area contributed by atoms with Crippen LogP contribution in [0.2, 0.25) is 0 Å². The standard InChI is InChI=1S/C13H24N2O2/c1-6-13(4,16-5)12-11(15-9-17-12)8-14-7-10(2)3/h9-10,14H,6-8H2,1-5H3. The van der Waals surface area contributed by atoms with Gasteiger partial charge in [0, 0.05) is 13.7 Å². The highest BCUT2D eigenvalue weighted by Crippen LogP contribution is 2.30. The topological polar surface area (TPSA) is 47.3 Å². The fraction of sp³-hybridized carbons (Fsp3) is 0.769. The van der Waals surface area contributed by atoms with Crippen LogP contribution in [-0.4, -0.2) is 18.6 Å². The number of methoxy groups -OCH3 is 1. The van der Waals surface area contributed by atoms with Crippen LogP contribution in [0.5, 0.6) is 0 Å². The lowest BCUT2D eigenvalue weighted by Gasteiger charge is -2.24. The zero-order valence-corrected chi connectivity index (χ0v) is 11.5. The van der Waals surface area contributed by atoms with Crippen molar-refractivity contribution in [2.24, 2.45) is 5.92 Å². The summed E-state index contributed by atoms with van der Waals surface area (Å²) in [5.74, 6) is 1.46. The summed E-state index contributed by atoms with van der Waals surface area (Å²) in [6.45, 7) is 10.2.